The van der Waals surface area contributed by atoms with Crippen molar-refractivity contribution in [2.75, 3.05) is 6.54 Å². The molecule has 1 N–H and O–H groups in total. The van der Waals surface area contributed by atoms with Gasteiger partial charge < -0.3 is 5.32 Å². The van der Waals surface area contributed by atoms with Crippen molar-refractivity contribution >= 4 is 0 Å². The van der Waals surface area contributed by atoms with Gasteiger partial charge in [-0.15, -0.1) is 12.3 Å². The first-order valence-electron chi connectivity index (χ1n) is 5.43. The summed E-state index contributed by atoms with van der Waals surface area (Å²) in [5.74, 6) is 2.74. The topological polar surface area (TPSA) is 12.0 Å². The van der Waals surface area contributed by atoms with Gasteiger partial charge in [-0.2, -0.15) is 0 Å². The summed E-state index contributed by atoms with van der Waals surface area (Å²) in [5, 5.41) is 3.44. The van der Waals surface area contributed by atoms with E-state index in [1.165, 1.54) is 16.7 Å². The average Bonchev–Trinajstić information content (AvgIpc) is 2.18. The molecule has 1 nitrogen and oxygen atoms in total. The van der Waals surface area contributed by atoms with Gasteiger partial charge in [0.1, 0.15) is 0 Å². The van der Waals surface area contributed by atoms with E-state index >= 15 is 0 Å². The molecular formula is C14H19N. The van der Waals surface area contributed by atoms with Gasteiger partial charge in [0.05, 0.1) is 0 Å². The van der Waals surface area contributed by atoms with Crippen molar-refractivity contribution in [1.29, 1.82) is 0 Å². The van der Waals surface area contributed by atoms with E-state index in [2.05, 4.69) is 50.2 Å². The normalized spacial score (nSPS) is 12.1. The molecule has 80 valence electrons. The number of rotatable bonds is 4. The third kappa shape index (κ3) is 2.84. The number of terminal acetylenes is 1. The maximum atomic E-state index is 5.41. The zero-order valence-corrected chi connectivity index (χ0v) is 9.80. The van der Waals surface area contributed by atoms with Gasteiger partial charge in [-0.3, -0.25) is 0 Å². The van der Waals surface area contributed by atoms with Crippen LogP contribution in [0, 0.1) is 26.2 Å². The monoisotopic (exact) mass is 201 g/mol. The molecular weight excluding hydrogens is 182 g/mol. The van der Waals surface area contributed by atoms with Crippen LogP contribution in [0.15, 0.2) is 18.2 Å². The minimum Gasteiger partial charge on any atom is -0.309 e. The van der Waals surface area contributed by atoms with Crippen molar-refractivity contribution in [3.05, 3.63) is 34.9 Å². The highest BCUT2D eigenvalue weighted by Gasteiger charge is 2.13. The predicted octanol–water partition coefficient (Wildman–Crippen LogP) is 2.98. The van der Waals surface area contributed by atoms with Crippen LogP contribution in [0.2, 0.25) is 0 Å². The van der Waals surface area contributed by atoms with Gasteiger partial charge in [0, 0.05) is 12.5 Å². The van der Waals surface area contributed by atoms with Gasteiger partial charge in [-0.1, -0.05) is 25.1 Å². The molecule has 0 aliphatic heterocycles. The van der Waals surface area contributed by atoms with Crippen molar-refractivity contribution in [2.24, 2.45) is 0 Å². The molecule has 1 aromatic carbocycles. The molecule has 1 atom stereocenters. The fourth-order valence-corrected chi connectivity index (χ4v) is 2.02. The van der Waals surface area contributed by atoms with E-state index in [9.17, 15) is 0 Å². The molecule has 0 radical (unpaired) electrons. The van der Waals surface area contributed by atoms with Crippen LogP contribution in [0.5, 0.6) is 0 Å². The van der Waals surface area contributed by atoms with E-state index in [0.29, 0.717) is 6.04 Å². The minimum atomic E-state index is 0.293. The largest absolute Gasteiger partial charge is 0.309 e. The Labute approximate surface area is 92.9 Å². The lowest BCUT2D eigenvalue weighted by Crippen LogP contribution is -2.22. The second-order valence-electron chi connectivity index (χ2n) is 3.82. The Morgan fingerprint density at radius 3 is 2.40 bits per heavy atom. The smallest absolute Gasteiger partial charge is 0.0435 e. The van der Waals surface area contributed by atoms with Gasteiger partial charge in [-0.05, 0) is 37.1 Å². The zero-order valence-electron chi connectivity index (χ0n) is 9.80. The van der Waals surface area contributed by atoms with Gasteiger partial charge in [0.25, 0.3) is 0 Å². The molecule has 0 spiro atoms. The van der Waals surface area contributed by atoms with E-state index in [1.54, 1.807) is 0 Å². The highest BCUT2D eigenvalue weighted by molar-refractivity contribution is 5.36. The molecule has 0 amide bonds. The van der Waals surface area contributed by atoms with Crippen molar-refractivity contribution in [3.63, 3.8) is 0 Å². The number of benzene rings is 1. The van der Waals surface area contributed by atoms with Crippen LogP contribution in [0.1, 0.15) is 36.1 Å². The highest BCUT2D eigenvalue weighted by Crippen LogP contribution is 2.23. The van der Waals surface area contributed by atoms with Gasteiger partial charge in [0.15, 0.2) is 0 Å². The van der Waals surface area contributed by atoms with Gasteiger partial charge >= 0.3 is 0 Å². The van der Waals surface area contributed by atoms with Crippen molar-refractivity contribution in [1.82, 2.24) is 5.32 Å². The summed E-state index contributed by atoms with van der Waals surface area (Å²) in [7, 11) is 0. The lowest BCUT2D eigenvalue weighted by molar-refractivity contribution is 0.560. The summed E-state index contributed by atoms with van der Waals surface area (Å²) in [6, 6.07) is 6.67. The second kappa shape index (κ2) is 5.58. The predicted molar refractivity (Wildman–Crippen MR) is 65.8 cm³/mol. The molecule has 0 aliphatic rings. The first-order chi connectivity index (χ1) is 7.20. The Bertz CT molecular complexity index is 340. The molecule has 0 saturated carbocycles. The molecule has 1 heteroatoms. The van der Waals surface area contributed by atoms with Crippen LogP contribution < -0.4 is 5.32 Å². The number of hydrogen-bond acceptors (Lipinski definition) is 1. The lowest BCUT2D eigenvalue weighted by atomic mass is 9.94. The molecule has 1 unspecified atom stereocenters. The Balaban J connectivity index is 3.05. The summed E-state index contributed by atoms with van der Waals surface area (Å²) in [4.78, 5) is 0. The molecule has 1 rings (SSSR count). The Morgan fingerprint density at radius 1 is 1.33 bits per heavy atom. The molecule has 0 aliphatic carbocycles. The molecule has 0 bridgehead atoms. The average molecular weight is 201 g/mol. The third-order valence-electron chi connectivity index (χ3n) is 2.66. The standard InChI is InChI=1S/C14H19N/c1-5-8-13(15-6-2)14-11(3)9-7-10-12(14)4/h1,7,9-10,13,15H,6,8H2,2-4H3. The molecule has 0 aromatic heterocycles. The van der Waals surface area contributed by atoms with E-state index < -0.39 is 0 Å². The Kier molecular flexibility index (Phi) is 4.39. The summed E-state index contributed by atoms with van der Waals surface area (Å²) >= 11 is 0. The summed E-state index contributed by atoms with van der Waals surface area (Å²) in [6.45, 7) is 7.34. The maximum absolute atomic E-state index is 5.41. The molecule has 15 heavy (non-hydrogen) atoms. The fourth-order valence-electron chi connectivity index (χ4n) is 2.02. The van der Waals surface area contributed by atoms with E-state index in [0.717, 1.165) is 13.0 Å². The van der Waals surface area contributed by atoms with Crippen molar-refractivity contribution in [2.45, 2.75) is 33.2 Å². The lowest BCUT2D eigenvalue weighted by Gasteiger charge is -2.20. The van der Waals surface area contributed by atoms with Crippen LogP contribution >= 0.6 is 0 Å². The van der Waals surface area contributed by atoms with E-state index in [4.69, 9.17) is 6.42 Å². The molecule has 0 saturated heterocycles. The Hall–Kier alpha value is -1.26. The highest BCUT2D eigenvalue weighted by atomic mass is 14.9. The van der Waals surface area contributed by atoms with Crippen LogP contribution in [-0.4, -0.2) is 6.54 Å². The number of nitrogens with one attached hydrogen (secondary N) is 1. The summed E-state index contributed by atoms with van der Waals surface area (Å²) in [5.41, 5.74) is 3.99. The summed E-state index contributed by atoms with van der Waals surface area (Å²) < 4.78 is 0. The quantitative estimate of drug-likeness (QED) is 0.738. The van der Waals surface area contributed by atoms with Crippen LogP contribution in [0.25, 0.3) is 0 Å². The molecule has 0 heterocycles. The number of hydrogen-bond donors (Lipinski definition) is 1. The zero-order chi connectivity index (χ0) is 11.3. The van der Waals surface area contributed by atoms with E-state index in [-0.39, 0.29) is 0 Å². The fraction of sp³-hybridized carbons (Fsp3) is 0.429. The van der Waals surface area contributed by atoms with Crippen molar-refractivity contribution < 1.29 is 0 Å². The molecule has 1 aromatic rings. The first-order valence-corrected chi connectivity index (χ1v) is 5.43. The second-order valence-corrected chi connectivity index (χ2v) is 3.82. The summed E-state index contributed by atoms with van der Waals surface area (Å²) in [6.07, 6.45) is 6.16. The number of aryl methyl sites for hydroxylation is 2. The van der Waals surface area contributed by atoms with Crippen LogP contribution in [0.4, 0.5) is 0 Å². The van der Waals surface area contributed by atoms with Gasteiger partial charge in [-0.25, -0.2) is 0 Å². The molecule has 0 fully saturated rings. The minimum absolute atomic E-state index is 0.293. The van der Waals surface area contributed by atoms with Crippen LogP contribution in [0.3, 0.4) is 0 Å². The van der Waals surface area contributed by atoms with E-state index in [1.807, 2.05) is 0 Å². The third-order valence-corrected chi connectivity index (χ3v) is 2.66. The SMILES string of the molecule is C#CCC(NCC)c1c(C)cccc1C. The van der Waals surface area contributed by atoms with Crippen molar-refractivity contribution in [3.8, 4) is 12.3 Å². The first kappa shape index (κ1) is 11.8. The Morgan fingerprint density at radius 2 is 1.93 bits per heavy atom. The maximum Gasteiger partial charge on any atom is 0.0435 e. The van der Waals surface area contributed by atoms with Crippen LogP contribution in [-0.2, 0) is 0 Å². The van der Waals surface area contributed by atoms with Gasteiger partial charge in [0.2, 0.25) is 0 Å².